The topological polar surface area (TPSA) is 71.1 Å². The van der Waals surface area contributed by atoms with E-state index in [1.807, 2.05) is 20.0 Å². The Bertz CT molecular complexity index is 682. The third-order valence-corrected chi connectivity index (χ3v) is 4.11. The fraction of sp³-hybridized carbons (Fsp3) is 0.214. The van der Waals surface area contributed by atoms with E-state index in [9.17, 15) is 8.42 Å². The minimum atomic E-state index is -3.59. The minimum Gasteiger partial charge on any atom is -0.316 e. The Morgan fingerprint density at radius 1 is 1.10 bits per heavy atom. The van der Waals surface area contributed by atoms with Crippen molar-refractivity contribution in [2.24, 2.45) is 0 Å². The van der Waals surface area contributed by atoms with Crippen molar-refractivity contribution in [3.8, 4) is 0 Å². The lowest BCUT2D eigenvalue weighted by molar-refractivity contribution is 0.601. The summed E-state index contributed by atoms with van der Waals surface area (Å²) in [6.45, 7) is 2.51. The Kier molecular flexibility index (Phi) is 4.36. The summed E-state index contributed by atoms with van der Waals surface area (Å²) in [5.41, 5.74) is 1.79. The molecule has 106 valence electrons. The Hall–Kier alpha value is -1.92. The monoisotopic (exact) mass is 291 g/mol. The van der Waals surface area contributed by atoms with Gasteiger partial charge in [-0.1, -0.05) is 18.2 Å². The third-order valence-electron chi connectivity index (χ3n) is 2.74. The molecule has 0 saturated heterocycles. The molecule has 0 bridgehead atoms. The quantitative estimate of drug-likeness (QED) is 0.883. The van der Waals surface area contributed by atoms with Crippen LogP contribution >= 0.6 is 0 Å². The molecule has 0 amide bonds. The minimum absolute atomic E-state index is 0.223. The van der Waals surface area contributed by atoms with Crippen LogP contribution in [0.3, 0.4) is 0 Å². The molecular weight excluding hydrogens is 274 g/mol. The number of nitrogens with one attached hydrogen (secondary N) is 2. The normalized spacial score (nSPS) is 11.3. The van der Waals surface area contributed by atoms with Crippen molar-refractivity contribution in [1.82, 2.24) is 10.3 Å². The van der Waals surface area contributed by atoms with Gasteiger partial charge in [0, 0.05) is 12.2 Å². The van der Waals surface area contributed by atoms with Gasteiger partial charge < -0.3 is 5.32 Å². The average molecular weight is 291 g/mol. The second-order valence-corrected chi connectivity index (χ2v) is 6.13. The maximum absolute atomic E-state index is 12.2. The lowest BCUT2D eigenvalue weighted by Gasteiger charge is -2.08. The zero-order valence-corrected chi connectivity index (χ0v) is 12.2. The number of aryl methyl sites for hydroxylation is 1. The van der Waals surface area contributed by atoms with Crippen LogP contribution in [0.1, 0.15) is 11.3 Å². The number of sulfonamides is 1. The molecule has 0 unspecified atom stereocenters. The maximum Gasteiger partial charge on any atom is 0.263 e. The highest BCUT2D eigenvalue weighted by Crippen LogP contribution is 2.15. The summed E-state index contributed by atoms with van der Waals surface area (Å²) in [7, 11) is -1.75. The van der Waals surface area contributed by atoms with Crippen molar-refractivity contribution < 1.29 is 8.42 Å². The number of hydrogen-bond acceptors (Lipinski definition) is 4. The van der Waals surface area contributed by atoms with E-state index in [4.69, 9.17) is 0 Å². The molecule has 0 fully saturated rings. The van der Waals surface area contributed by atoms with E-state index >= 15 is 0 Å². The molecular formula is C14H17N3O2S. The van der Waals surface area contributed by atoms with Crippen LogP contribution in [-0.2, 0) is 16.6 Å². The summed E-state index contributed by atoms with van der Waals surface area (Å²) >= 11 is 0. The Morgan fingerprint density at radius 2 is 1.80 bits per heavy atom. The van der Waals surface area contributed by atoms with Crippen LogP contribution in [0.4, 0.5) is 5.82 Å². The van der Waals surface area contributed by atoms with Crippen LogP contribution in [0.15, 0.2) is 47.4 Å². The van der Waals surface area contributed by atoms with Gasteiger partial charge >= 0.3 is 0 Å². The SMILES string of the molecule is CNCc1ccc(S(=O)(=O)Nc2cccc(C)n2)cc1. The van der Waals surface area contributed by atoms with E-state index < -0.39 is 10.0 Å². The number of pyridine rings is 1. The van der Waals surface area contributed by atoms with Gasteiger partial charge in [-0.05, 0) is 43.8 Å². The summed E-state index contributed by atoms with van der Waals surface area (Å²) in [6, 6.07) is 11.9. The first-order valence-electron chi connectivity index (χ1n) is 6.21. The lowest BCUT2D eigenvalue weighted by Crippen LogP contribution is -2.14. The molecule has 0 saturated carbocycles. The van der Waals surface area contributed by atoms with Crippen molar-refractivity contribution in [2.45, 2.75) is 18.4 Å². The van der Waals surface area contributed by atoms with Crippen molar-refractivity contribution in [2.75, 3.05) is 11.8 Å². The first-order chi connectivity index (χ1) is 9.51. The molecule has 2 rings (SSSR count). The predicted octanol–water partition coefficient (Wildman–Crippen LogP) is 1.91. The molecule has 0 aliphatic rings. The first-order valence-corrected chi connectivity index (χ1v) is 7.69. The highest BCUT2D eigenvalue weighted by Gasteiger charge is 2.14. The molecule has 2 N–H and O–H groups in total. The summed E-state index contributed by atoms with van der Waals surface area (Å²) in [5, 5.41) is 3.01. The highest BCUT2D eigenvalue weighted by molar-refractivity contribution is 7.92. The largest absolute Gasteiger partial charge is 0.316 e. The van der Waals surface area contributed by atoms with Crippen molar-refractivity contribution in [3.63, 3.8) is 0 Å². The number of hydrogen-bond donors (Lipinski definition) is 2. The van der Waals surface area contributed by atoms with Gasteiger partial charge in [-0.3, -0.25) is 4.72 Å². The molecule has 0 atom stereocenters. The van der Waals surface area contributed by atoms with Crippen molar-refractivity contribution in [3.05, 3.63) is 53.7 Å². The van der Waals surface area contributed by atoms with Gasteiger partial charge in [-0.25, -0.2) is 13.4 Å². The molecule has 1 aromatic carbocycles. The van der Waals surface area contributed by atoms with Crippen molar-refractivity contribution >= 4 is 15.8 Å². The number of nitrogens with zero attached hydrogens (tertiary/aromatic N) is 1. The number of aromatic nitrogens is 1. The molecule has 20 heavy (non-hydrogen) atoms. The Morgan fingerprint density at radius 3 is 2.40 bits per heavy atom. The zero-order chi connectivity index (χ0) is 14.6. The van der Waals surface area contributed by atoms with Crippen LogP contribution in [0.2, 0.25) is 0 Å². The van der Waals surface area contributed by atoms with Crippen LogP contribution in [0.25, 0.3) is 0 Å². The number of benzene rings is 1. The summed E-state index contributed by atoms with van der Waals surface area (Å²) in [6.07, 6.45) is 0. The van der Waals surface area contributed by atoms with E-state index in [2.05, 4.69) is 15.0 Å². The summed E-state index contributed by atoms with van der Waals surface area (Å²) in [5.74, 6) is 0.323. The first kappa shape index (κ1) is 14.5. The van der Waals surface area contributed by atoms with Gasteiger partial charge in [0.15, 0.2) is 0 Å². The van der Waals surface area contributed by atoms with Crippen LogP contribution in [-0.4, -0.2) is 20.4 Å². The average Bonchev–Trinajstić information content (AvgIpc) is 2.39. The number of anilines is 1. The second-order valence-electron chi connectivity index (χ2n) is 4.44. The highest BCUT2D eigenvalue weighted by atomic mass is 32.2. The van der Waals surface area contributed by atoms with E-state index in [1.54, 1.807) is 36.4 Å². The standard InChI is InChI=1S/C14H17N3O2S/c1-11-4-3-5-14(16-11)17-20(18,19)13-8-6-12(7-9-13)10-15-2/h3-9,15H,10H2,1-2H3,(H,16,17). The van der Waals surface area contributed by atoms with Gasteiger partial charge in [0.1, 0.15) is 5.82 Å². The molecule has 0 radical (unpaired) electrons. The third kappa shape index (κ3) is 3.55. The van der Waals surface area contributed by atoms with E-state index in [0.717, 1.165) is 11.3 Å². The van der Waals surface area contributed by atoms with Gasteiger partial charge in [0.05, 0.1) is 4.90 Å². The molecule has 0 spiro atoms. The van der Waals surface area contributed by atoms with Crippen molar-refractivity contribution in [1.29, 1.82) is 0 Å². The number of rotatable bonds is 5. The summed E-state index contributed by atoms with van der Waals surface area (Å²) < 4.78 is 26.9. The van der Waals surface area contributed by atoms with Crippen LogP contribution in [0.5, 0.6) is 0 Å². The van der Waals surface area contributed by atoms with Crippen LogP contribution < -0.4 is 10.0 Å². The van der Waals surface area contributed by atoms with Gasteiger partial charge in [-0.2, -0.15) is 0 Å². The second kappa shape index (κ2) is 6.02. The predicted molar refractivity (Wildman–Crippen MR) is 79.0 cm³/mol. The van der Waals surface area contributed by atoms with E-state index in [-0.39, 0.29) is 4.90 Å². The van der Waals surface area contributed by atoms with E-state index in [0.29, 0.717) is 12.4 Å². The molecule has 0 aliphatic carbocycles. The van der Waals surface area contributed by atoms with Gasteiger partial charge in [-0.15, -0.1) is 0 Å². The van der Waals surface area contributed by atoms with Crippen LogP contribution in [0, 0.1) is 6.92 Å². The summed E-state index contributed by atoms with van der Waals surface area (Å²) in [4.78, 5) is 4.35. The molecule has 5 nitrogen and oxygen atoms in total. The van der Waals surface area contributed by atoms with Gasteiger partial charge in [0.2, 0.25) is 0 Å². The fourth-order valence-corrected chi connectivity index (χ4v) is 2.79. The molecule has 6 heteroatoms. The molecule has 2 aromatic rings. The fourth-order valence-electron chi connectivity index (χ4n) is 1.79. The Labute approximate surface area is 119 Å². The molecule has 1 aromatic heterocycles. The maximum atomic E-state index is 12.2. The zero-order valence-electron chi connectivity index (χ0n) is 11.4. The lowest BCUT2D eigenvalue weighted by atomic mass is 10.2. The smallest absolute Gasteiger partial charge is 0.263 e. The Balaban J connectivity index is 2.21. The molecule has 1 heterocycles. The molecule has 0 aliphatic heterocycles. The van der Waals surface area contributed by atoms with Gasteiger partial charge in [0.25, 0.3) is 10.0 Å². The van der Waals surface area contributed by atoms with E-state index in [1.165, 1.54) is 0 Å².